The Labute approximate surface area is 94.9 Å². The van der Waals surface area contributed by atoms with E-state index in [9.17, 15) is 19.5 Å². The Morgan fingerprint density at radius 3 is 2.71 bits per heavy atom. The molecule has 92 valence electrons. The number of aliphatic carboxylic acids is 1. The van der Waals surface area contributed by atoms with Gasteiger partial charge < -0.3 is 25.1 Å². The lowest BCUT2D eigenvalue weighted by Gasteiger charge is -2.19. The van der Waals surface area contributed by atoms with E-state index in [1.165, 1.54) is 6.20 Å². The molecule has 1 amide bonds. The van der Waals surface area contributed by atoms with Crippen molar-refractivity contribution < 1.29 is 19.8 Å². The van der Waals surface area contributed by atoms with Gasteiger partial charge in [0.15, 0.2) is 0 Å². The fourth-order valence-corrected chi connectivity index (χ4v) is 1.87. The van der Waals surface area contributed by atoms with Gasteiger partial charge in [0.25, 0.3) is 5.91 Å². The first kappa shape index (κ1) is 11.4. The van der Waals surface area contributed by atoms with Crippen LogP contribution < -0.4 is 5.69 Å². The number of nitrogens with zero attached hydrogens (tertiary/aromatic N) is 1. The van der Waals surface area contributed by atoms with Gasteiger partial charge >= 0.3 is 11.7 Å². The standard InChI is InChI=1S/C9H11N3O5/c13-4-1-6(8(15)16)12(3-4)7(14)5-2-10-9(17)11-5/h2,4,6,13H,1,3H2,(H,15,16)(H2,10,11,17)/t4-,6-/m1/s1. The van der Waals surface area contributed by atoms with E-state index in [0.29, 0.717) is 0 Å². The minimum absolute atomic E-state index is 0.00424. The monoisotopic (exact) mass is 241 g/mol. The molecule has 1 saturated heterocycles. The fraction of sp³-hybridized carbons (Fsp3) is 0.444. The number of carboxylic acids is 1. The van der Waals surface area contributed by atoms with Crippen LogP contribution >= 0.6 is 0 Å². The molecule has 17 heavy (non-hydrogen) atoms. The summed E-state index contributed by atoms with van der Waals surface area (Å²) < 4.78 is 0. The largest absolute Gasteiger partial charge is 0.480 e. The number of aromatic nitrogens is 2. The molecule has 0 saturated carbocycles. The van der Waals surface area contributed by atoms with Crippen LogP contribution in [0.15, 0.2) is 11.0 Å². The molecule has 0 aromatic carbocycles. The Morgan fingerprint density at radius 2 is 2.18 bits per heavy atom. The summed E-state index contributed by atoms with van der Waals surface area (Å²) in [6.45, 7) is -0.0526. The predicted molar refractivity (Wildman–Crippen MR) is 54.5 cm³/mol. The normalized spacial score (nSPS) is 23.9. The third-order valence-corrected chi connectivity index (χ3v) is 2.65. The maximum Gasteiger partial charge on any atom is 0.326 e. The van der Waals surface area contributed by atoms with Crippen molar-refractivity contribution in [1.29, 1.82) is 0 Å². The Morgan fingerprint density at radius 1 is 1.47 bits per heavy atom. The van der Waals surface area contributed by atoms with E-state index in [-0.39, 0.29) is 18.7 Å². The van der Waals surface area contributed by atoms with Crippen molar-refractivity contribution in [2.24, 2.45) is 0 Å². The van der Waals surface area contributed by atoms with Gasteiger partial charge in [-0.25, -0.2) is 9.59 Å². The molecule has 2 rings (SSSR count). The molecule has 1 aliphatic rings. The highest BCUT2D eigenvalue weighted by atomic mass is 16.4. The van der Waals surface area contributed by atoms with E-state index in [2.05, 4.69) is 9.97 Å². The van der Waals surface area contributed by atoms with Gasteiger partial charge in [-0.3, -0.25) is 4.79 Å². The van der Waals surface area contributed by atoms with Crippen LogP contribution in [0.4, 0.5) is 0 Å². The highest BCUT2D eigenvalue weighted by Crippen LogP contribution is 2.19. The summed E-state index contributed by atoms with van der Waals surface area (Å²) in [5.41, 5.74) is -0.560. The maximum atomic E-state index is 11.9. The van der Waals surface area contributed by atoms with Gasteiger partial charge in [0.2, 0.25) is 0 Å². The average molecular weight is 241 g/mol. The van der Waals surface area contributed by atoms with Gasteiger partial charge in [0.1, 0.15) is 11.7 Å². The summed E-state index contributed by atoms with van der Waals surface area (Å²) >= 11 is 0. The van der Waals surface area contributed by atoms with Crippen molar-refractivity contribution in [2.75, 3.05) is 6.54 Å². The third kappa shape index (κ3) is 2.07. The number of nitrogens with one attached hydrogen (secondary N) is 2. The first-order valence-corrected chi connectivity index (χ1v) is 4.98. The minimum atomic E-state index is -1.17. The molecule has 1 fully saturated rings. The molecule has 0 aliphatic carbocycles. The van der Waals surface area contributed by atoms with Gasteiger partial charge in [-0.05, 0) is 0 Å². The zero-order valence-corrected chi connectivity index (χ0v) is 8.71. The molecule has 1 aromatic heterocycles. The molecule has 0 bridgehead atoms. The number of hydrogen-bond donors (Lipinski definition) is 4. The molecule has 8 nitrogen and oxygen atoms in total. The van der Waals surface area contributed by atoms with Gasteiger partial charge in [0, 0.05) is 19.2 Å². The number of aliphatic hydroxyl groups excluding tert-OH is 1. The van der Waals surface area contributed by atoms with Crippen molar-refractivity contribution in [3.05, 3.63) is 22.4 Å². The second-order valence-electron chi connectivity index (χ2n) is 3.86. The van der Waals surface area contributed by atoms with Crippen LogP contribution in [0.2, 0.25) is 0 Å². The van der Waals surface area contributed by atoms with Gasteiger partial charge in [0.05, 0.1) is 6.10 Å². The predicted octanol–water partition coefficient (Wildman–Crippen LogP) is -1.64. The lowest BCUT2D eigenvalue weighted by molar-refractivity contribution is -0.141. The van der Waals surface area contributed by atoms with Crippen molar-refractivity contribution in [3.8, 4) is 0 Å². The number of likely N-dealkylation sites (tertiary alicyclic amines) is 1. The van der Waals surface area contributed by atoms with Gasteiger partial charge in [-0.15, -0.1) is 0 Å². The number of β-amino-alcohol motifs (C(OH)–C–C–N with tert-alkyl or cyclic N) is 1. The Bertz CT molecular complexity index is 505. The van der Waals surface area contributed by atoms with Crippen molar-refractivity contribution in [2.45, 2.75) is 18.6 Å². The van der Waals surface area contributed by atoms with Crippen molar-refractivity contribution >= 4 is 11.9 Å². The van der Waals surface area contributed by atoms with Crippen molar-refractivity contribution in [3.63, 3.8) is 0 Å². The molecule has 8 heteroatoms. The number of carbonyl (C=O) groups excluding carboxylic acids is 1. The number of H-pyrrole nitrogens is 2. The molecule has 2 atom stereocenters. The molecule has 1 aliphatic heterocycles. The first-order chi connectivity index (χ1) is 7.99. The summed E-state index contributed by atoms with van der Waals surface area (Å²) in [5.74, 6) is -1.79. The van der Waals surface area contributed by atoms with E-state index in [1.54, 1.807) is 0 Å². The number of aromatic amines is 2. The number of rotatable bonds is 2. The second kappa shape index (κ2) is 4.06. The molecular weight excluding hydrogens is 230 g/mol. The van der Waals surface area contributed by atoms with E-state index in [4.69, 9.17) is 5.11 Å². The van der Waals surface area contributed by atoms with Gasteiger partial charge in [-0.1, -0.05) is 0 Å². The number of hydrogen-bond acceptors (Lipinski definition) is 4. The number of amides is 1. The zero-order chi connectivity index (χ0) is 12.6. The second-order valence-corrected chi connectivity index (χ2v) is 3.86. The minimum Gasteiger partial charge on any atom is -0.480 e. The van der Waals surface area contributed by atoms with Crippen LogP contribution in [0.3, 0.4) is 0 Å². The highest BCUT2D eigenvalue weighted by molar-refractivity contribution is 5.95. The lowest BCUT2D eigenvalue weighted by atomic mass is 10.2. The summed E-state index contributed by atoms with van der Waals surface area (Å²) in [4.78, 5) is 39.2. The molecular formula is C9H11N3O5. The molecule has 4 N–H and O–H groups in total. The third-order valence-electron chi connectivity index (χ3n) is 2.65. The summed E-state index contributed by atoms with van der Waals surface area (Å²) in [7, 11) is 0. The summed E-state index contributed by atoms with van der Waals surface area (Å²) in [6, 6.07) is -1.06. The zero-order valence-electron chi connectivity index (χ0n) is 8.71. The summed E-state index contributed by atoms with van der Waals surface area (Å²) in [6.07, 6.45) is 0.315. The Hall–Kier alpha value is -2.09. The van der Waals surface area contributed by atoms with Crippen molar-refractivity contribution in [1.82, 2.24) is 14.9 Å². The lowest BCUT2D eigenvalue weighted by Crippen LogP contribution is -2.40. The van der Waals surface area contributed by atoms with Crippen LogP contribution in [0.25, 0.3) is 0 Å². The maximum absolute atomic E-state index is 11.9. The Balaban J connectivity index is 2.24. The first-order valence-electron chi connectivity index (χ1n) is 4.98. The SMILES string of the molecule is O=C(O)[C@H]1C[C@@H](O)CN1C(=O)c1c[nH]c(=O)[nH]1. The van der Waals surface area contributed by atoms with Gasteiger partial charge in [-0.2, -0.15) is 0 Å². The van der Waals surface area contributed by atoms with Crippen LogP contribution in [0.5, 0.6) is 0 Å². The number of carbonyl (C=O) groups is 2. The number of aliphatic hydroxyl groups is 1. The fourth-order valence-electron chi connectivity index (χ4n) is 1.87. The topological polar surface area (TPSA) is 126 Å². The summed E-state index contributed by atoms with van der Waals surface area (Å²) in [5, 5.41) is 18.3. The highest BCUT2D eigenvalue weighted by Gasteiger charge is 2.39. The van der Waals surface area contributed by atoms with Crippen LogP contribution in [-0.2, 0) is 4.79 Å². The van der Waals surface area contributed by atoms with Crippen LogP contribution in [-0.4, -0.2) is 55.6 Å². The molecule has 0 spiro atoms. The molecule has 2 heterocycles. The van der Waals surface area contributed by atoms with E-state index < -0.39 is 29.7 Å². The number of carboxylic acid groups (broad SMARTS) is 1. The smallest absolute Gasteiger partial charge is 0.326 e. The van der Waals surface area contributed by atoms with E-state index >= 15 is 0 Å². The van der Waals surface area contributed by atoms with E-state index in [0.717, 1.165) is 4.90 Å². The average Bonchev–Trinajstić information content (AvgIpc) is 2.83. The molecule has 0 unspecified atom stereocenters. The molecule has 1 aromatic rings. The van der Waals surface area contributed by atoms with Crippen LogP contribution in [0.1, 0.15) is 16.9 Å². The van der Waals surface area contributed by atoms with E-state index in [1.807, 2.05) is 0 Å². The quantitative estimate of drug-likeness (QED) is 0.494. The Kier molecular flexibility index (Phi) is 2.72. The number of imidazole rings is 1. The molecule has 0 radical (unpaired) electrons. The van der Waals surface area contributed by atoms with Crippen LogP contribution in [0, 0.1) is 0 Å².